The van der Waals surface area contributed by atoms with Crippen LogP contribution in [-0.4, -0.2) is 11.1 Å². The van der Waals surface area contributed by atoms with Gasteiger partial charge in [0.1, 0.15) is 0 Å². The summed E-state index contributed by atoms with van der Waals surface area (Å²) in [6.07, 6.45) is 0. The number of aromatic carboxylic acids is 1. The molecule has 3 N–H and O–H groups in total. The molecular weight excluding hydrogens is 216 g/mol. The highest BCUT2D eigenvalue weighted by molar-refractivity contribution is 6.02. The number of anilines is 4. The summed E-state index contributed by atoms with van der Waals surface area (Å²) in [6, 6.07) is 12.9. The van der Waals surface area contributed by atoms with Gasteiger partial charge in [-0.2, -0.15) is 0 Å². The van der Waals surface area contributed by atoms with E-state index in [-0.39, 0.29) is 5.56 Å². The van der Waals surface area contributed by atoms with Gasteiger partial charge >= 0.3 is 5.97 Å². The van der Waals surface area contributed by atoms with Crippen molar-refractivity contribution in [3.63, 3.8) is 0 Å². The van der Waals surface area contributed by atoms with Crippen molar-refractivity contribution in [1.82, 2.24) is 0 Å². The first-order chi connectivity index (χ1) is 8.25. The van der Waals surface area contributed by atoms with Gasteiger partial charge in [0.15, 0.2) is 0 Å². The van der Waals surface area contributed by atoms with Gasteiger partial charge in [-0.3, -0.25) is 0 Å². The highest BCUT2D eigenvalue weighted by Gasteiger charge is 2.19. The Morgan fingerprint density at radius 2 is 1.53 bits per heavy atom. The Hall–Kier alpha value is -2.49. The zero-order valence-corrected chi connectivity index (χ0v) is 8.90. The van der Waals surface area contributed by atoms with Crippen molar-refractivity contribution in [2.75, 3.05) is 10.6 Å². The summed E-state index contributed by atoms with van der Waals surface area (Å²) in [7, 11) is 0. The molecule has 0 aromatic heterocycles. The summed E-state index contributed by atoms with van der Waals surface area (Å²) < 4.78 is 0. The van der Waals surface area contributed by atoms with Gasteiger partial charge in [0.05, 0.1) is 28.3 Å². The highest BCUT2D eigenvalue weighted by atomic mass is 16.4. The number of fused-ring (bicyclic) bond motifs is 2. The summed E-state index contributed by atoms with van der Waals surface area (Å²) >= 11 is 0. The van der Waals surface area contributed by atoms with Gasteiger partial charge in [-0.05, 0) is 24.3 Å². The van der Waals surface area contributed by atoms with Crippen molar-refractivity contribution in [2.24, 2.45) is 0 Å². The predicted molar refractivity (Wildman–Crippen MR) is 66.4 cm³/mol. The average molecular weight is 226 g/mol. The molecule has 0 radical (unpaired) electrons. The molecule has 17 heavy (non-hydrogen) atoms. The smallest absolute Gasteiger partial charge is 0.337 e. The first kappa shape index (κ1) is 9.72. The van der Waals surface area contributed by atoms with Gasteiger partial charge in [-0.1, -0.05) is 18.2 Å². The molecule has 0 bridgehead atoms. The van der Waals surface area contributed by atoms with Crippen LogP contribution in [0.15, 0.2) is 42.5 Å². The molecule has 4 nitrogen and oxygen atoms in total. The maximum atomic E-state index is 11.1. The third-order valence-corrected chi connectivity index (χ3v) is 2.75. The molecule has 0 fully saturated rings. The zero-order valence-electron chi connectivity index (χ0n) is 8.90. The number of hydrogen-bond donors (Lipinski definition) is 3. The van der Waals surface area contributed by atoms with Gasteiger partial charge in [0, 0.05) is 0 Å². The van der Waals surface area contributed by atoms with E-state index >= 15 is 0 Å². The number of hydrogen-bond acceptors (Lipinski definition) is 3. The van der Waals surface area contributed by atoms with Crippen LogP contribution < -0.4 is 10.6 Å². The lowest BCUT2D eigenvalue weighted by molar-refractivity contribution is 0.0698. The lowest BCUT2D eigenvalue weighted by Gasteiger charge is -2.23. The van der Waals surface area contributed by atoms with Crippen LogP contribution in [0.1, 0.15) is 10.4 Å². The van der Waals surface area contributed by atoms with Gasteiger partial charge < -0.3 is 15.7 Å². The molecule has 1 heterocycles. The Labute approximate surface area is 97.9 Å². The number of benzene rings is 2. The van der Waals surface area contributed by atoms with Crippen molar-refractivity contribution >= 4 is 28.7 Å². The van der Waals surface area contributed by atoms with Crippen molar-refractivity contribution in [1.29, 1.82) is 0 Å². The van der Waals surface area contributed by atoms with Gasteiger partial charge in [-0.25, -0.2) is 4.79 Å². The van der Waals surface area contributed by atoms with Crippen LogP contribution in [0.3, 0.4) is 0 Å². The fourth-order valence-electron chi connectivity index (χ4n) is 1.95. The number of rotatable bonds is 1. The first-order valence-corrected chi connectivity index (χ1v) is 5.25. The third kappa shape index (κ3) is 1.50. The van der Waals surface area contributed by atoms with E-state index in [0.29, 0.717) is 5.69 Å². The fourth-order valence-corrected chi connectivity index (χ4v) is 1.95. The molecular formula is C13H10N2O2. The van der Waals surface area contributed by atoms with Gasteiger partial charge in [0.25, 0.3) is 0 Å². The topological polar surface area (TPSA) is 61.4 Å². The average Bonchev–Trinajstić information content (AvgIpc) is 2.35. The molecule has 0 amide bonds. The van der Waals surface area contributed by atoms with Crippen LogP contribution in [0, 0.1) is 0 Å². The second-order valence-electron chi connectivity index (χ2n) is 3.83. The van der Waals surface area contributed by atoms with Crippen LogP contribution in [-0.2, 0) is 0 Å². The maximum absolute atomic E-state index is 11.1. The van der Waals surface area contributed by atoms with E-state index in [2.05, 4.69) is 10.6 Å². The van der Waals surface area contributed by atoms with Crippen LogP contribution in [0.2, 0.25) is 0 Å². The summed E-state index contributed by atoms with van der Waals surface area (Å²) in [5.41, 5.74) is 3.49. The monoisotopic (exact) mass is 226 g/mol. The van der Waals surface area contributed by atoms with Crippen LogP contribution in [0.4, 0.5) is 22.7 Å². The van der Waals surface area contributed by atoms with Crippen LogP contribution in [0.25, 0.3) is 0 Å². The Morgan fingerprint density at radius 3 is 2.24 bits per heavy atom. The predicted octanol–water partition coefficient (Wildman–Crippen LogP) is 3.19. The molecule has 0 saturated carbocycles. The number of carboxylic acids is 1. The van der Waals surface area contributed by atoms with Crippen molar-refractivity contribution in [3.8, 4) is 0 Å². The van der Waals surface area contributed by atoms with E-state index in [1.807, 2.05) is 30.3 Å². The number of carbonyl (C=O) groups is 1. The minimum absolute atomic E-state index is 0.268. The molecule has 3 rings (SSSR count). The SMILES string of the molecule is O=C(O)c1cccc2c1Nc1ccccc1N2. The highest BCUT2D eigenvalue weighted by Crippen LogP contribution is 2.39. The van der Waals surface area contributed by atoms with E-state index in [0.717, 1.165) is 17.1 Å². The van der Waals surface area contributed by atoms with Gasteiger partial charge in [-0.15, -0.1) is 0 Å². The van der Waals surface area contributed by atoms with E-state index in [1.165, 1.54) is 0 Å². The Morgan fingerprint density at radius 1 is 0.882 bits per heavy atom. The van der Waals surface area contributed by atoms with Crippen molar-refractivity contribution in [2.45, 2.75) is 0 Å². The molecule has 1 aliphatic heterocycles. The van der Waals surface area contributed by atoms with Crippen LogP contribution in [0.5, 0.6) is 0 Å². The minimum Gasteiger partial charge on any atom is -0.478 e. The largest absolute Gasteiger partial charge is 0.478 e. The quantitative estimate of drug-likeness (QED) is 0.596. The summed E-state index contributed by atoms with van der Waals surface area (Å²) in [5.74, 6) is -0.935. The lowest BCUT2D eigenvalue weighted by Crippen LogP contribution is -2.10. The third-order valence-electron chi connectivity index (χ3n) is 2.75. The molecule has 0 spiro atoms. The number of nitrogens with one attached hydrogen (secondary N) is 2. The second kappa shape index (κ2) is 3.52. The summed E-state index contributed by atoms with van der Waals surface area (Å²) in [4.78, 5) is 11.1. The lowest BCUT2D eigenvalue weighted by atomic mass is 10.1. The molecule has 4 heteroatoms. The van der Waals surface area contributed by atoms with Crippen molar-refractivity contribution < 1.29 is 9.90 Å². The summed E-state index contributed by atoms with van der Waals surface area (Å²) in [5, 5.41) is 15.5. The van der Waals surface area contributed by atoms with Crippen molar-refractivity contribution in [3.05, 3.63) is 48.0 Å². The number of para-hydroxylation sites is 3. The molecule has 0 aliphatic carbocycles. The van der Waals surface area contributed by atoms with Crippen LogP contribution >= 0.6 is 0 Å². The fraction of sp³-hybridized carbons (Fsp3) is 0. The molecule has 2 aromatic carbocycles. The Balaban J connectivity index is 2.15. The van der Waals surface area contributed by atoms with E-state index < -0.39 is 5.97 Å². The molecule has 84 valence electrons. The Bertz CT molecular complexity index is 608. The van der Waals surface area contributed by atoms with E-state index in [9.17, 15) is 4.79 Å². The maximum Gasteiger partial charge on any atom is 0.337 e. The standard InChI is InChI=1S/C13H10N2O2/c16-13(17)8-4-3-7-11-12(8)15-10-6-2-1-5-9(10)14-11/h1-7,14-15H,(H,16,17). The van der Waals surface area contributed by atoms with Gasteiger partial charge in [0.2, 0.25) is 0 Å². The molecule has 0 saturated heterocycles. The molecule has 0 unspecified atom stereocenters. The second-order valence-corrected chi connectivity index (χ2v) is 3.83. The first-order valence-electron chi connectivity index (χ1n) is 5.25. The minimum atomic E-state index is -0.935. The molecule has 1 aliphatic rings. The van der Waals surface area contributed by atoms with E-state index in [1.54, 1.807) is 12.1 Å². The van der Waals surface area contributed by atoms with E-state index in [4.69, 9.17) is 5.11 Å². The number of carboxylic acid groups (broad SMARTS) is 1. The molecule has 2 aromatic rings. The normalized spacial score (nSPS) is 11.8. The zero-order chi connectivity index (χ0) is 11.8. The molecule has 0 atom stereocenters. The Kier molecular flexibility index (Phi) is 2.01. The summed E-state index contributed by atoms with van der Waals surface area (Å²) in [6.45, 7) is 0.